The summed E-state index contributed by atoms with van der Waals surface area (Å²) in [6, 6.07) is 0.0648. The summed E-state index contributed by atoms with van der Waals surface area (Å²) in [6.07, 6.45) is 2.48. The average molecular weight is 169 g/mol. The van der Waals surface area contributed by atoms with Gasteiger partial charge in [-0.2, -0.15) is 0 Å². The van der Waals surface area contributed by atoms with Crippen molar-refractivity contribution in [1.29, 1.82) is 0 Å². The zero-order valence-corrected chi connectivity index (χ0v) is 7.50. The maximum absolute atomic E-state index is 11.1. The first kappa shape index (κ1) is 9.26. The van der Waals surface area contributed by atoms with Crippen LogP contribution < -0.4 is 5.32 Å². The van der Waals surface area contributed by atoms with Crippen LogP contribution in [0.2, 0.25) is 0 Å². The number of hydrogen-bond acceptors (Lipinski definition) is 2. The maximum atomic E-state index is 11.1. The fourth-order valence-corrected chi connectivity index (χ4v) is 1.63. The van der Waals surface area contributed by atoms with Crippen LogP contribution in [0.3, 0.4) is 0 Å². The molecule has 1 aliphatic rings. The van der Waals surface area contributed by atoms with E-state index in [4.69, 9.17) is 0 Å². The van der Waals surface area contributed by atoms with Gasteiger partial charge in [-0.1, -0.05) is 6.08 Å². The van der Waals surface area contributed by atoms with Crippen LogP contribution >= 0.6 is 0 Å². The molecule has 1 fully saturated rings. The molecule has 1 amide bonds. The van der Waals surface area contributed by atoms with Gasteiger partial charge in [0, 0.05) is 6.04 Å². The van der Waals surface area contributed by atoms with Crippen molar-refractivity contribution in [1.82, 2.24) is 5.32 Å². The summed E-state index contributed by atoms with van der Waals surface area (Å²) in [5.74, 6) is -0.343. The van der Waals surface area contributed by atoms with E-state index in [0.29, 0.717) is 0 Å². The second kappa shape index (κ2) is 2.90. The van der Waals surface area contributed by atoms with Crippen LogP contribution in [0.1, 0.15) is 20.3 Å². The van der Waals surface area contributed by atoms with Crippen molar-refractivity contribution in [2.45, 2.75) is 31.9 Å². The Balaban J connectivity index is 2.61. The quantitative estimate of drug-likeness (QED) is 0.476. The molecule has 0 saturated carbocycles. The molecule has 0 unspecified atom stereocenters. The first-order chi connectivity index (χ1) is 5.46. The van der Waals surface area contributed by atoms with E-state index >= 15 is 0 Å². The Labute approximate surface area is 72.5 Å². The number of carbonyl (C=O) groups is 1. The van der Waals surface area contributed by atoms with Crippen molar-refractivity contribution in [2.24, 2.45) is 5.92 Å². The average Bonchev–Trinajstić information content (AvgIpc) is 1.82. The fraction of sp³-hybridized carbons (Fsp3) is 0.667. The lowest BCUT2D eigenvalue weighted by Gasteiger charge is -2.43. The minimum absolute atomic E-state index is 0.0608. The summed E-state index contributed by atoms with van der Waals surface area (Å²) in [7, 11) is 0. The molecule has 0 aromatic rings. The van der Waals surface area contributed by atoms with Crippen LogP contribution in [0.4, 0.5) is 0 Å². The third kappa shape index (κ3) is 1.50. The van der Waals surface area contributed by atoms with Crippen molar-refractivity contribution in [3.8, 4) is 0 Å². The lowest BCUT2D eigenvalue weighted by atomic mass is 9.77. The van der Waals surface area contributed by atoms with Gasteiger partial charge in [0.05, 0.1) is 11.5 Å². The van der Waals surface area contributed by atoms with Crippen LogP contribution in [0.5, 0.6) is 0 Å². The van der Waals surface area contributed by atoms with Gasteiger partial charge in [0.2, 0.25) is 5.91 Å². The summed E-state index contributed by atoms with van der Waals surface area (Å²) in [6.45, 7) is 6.91. The normalized spacial score (nSPS) is 29.1. The predicted octanol–water partition coefficient (Wildman–Crippen LogP) is 0.448. The van der Waals surface area contributed by atoms with E-state index in [0.717, 1.165) is 6.42 Å². The summed E-state index contributed by atoms with van der Waals surface area (Å²) in [5.41, 5.74) is -0.921. The van der Waals surface area contributed by atoms with Crippen LogP contribution in [-0.2, 0) is 4.79 Å². The van der Waals surface area contributed by atoms with Gasteiger partial charge < -0.3 is 10.4 Å². The van der Waals surface area contributed by atoms with Crippen LogP contribution in [-0.4, -0.2) is 22.7 Å². The SMILES string of the molecule is C=CC[C@H]1NC(=O)[C@H]1C(C)(C)O. The van der Waals surface area contributed by atoms with Crippen molar-refractivity contribution < 1.29 is 9.90 Å². The van der Waals surface area contributed by atoms with Crippen molar-refractivity contribution >= 4 is 5.91 Å². The third-order valence-electron chi connectivity index (χ3n) is 2.19. The molecular weight excluding hydrogens is 154 g/mol. The first-order valence-electron chi connectivity index (χ1n) is 4.10. The number of rotatable bonds is 3. The monoisotopic (exact) mass is 169 g/mol. The Morgan fingerprint density at radius 3 is 2.67 bits per heavy atom. The summed E-state index contributed by atoms with van der Waals surface area (Å²) >= 11 is 0. The van der Waals surface area contributed by atoms with Gasteiger partial charge in [0.25, 0.3) is 0 Å². The van der Waals surface area contributed by atoms with Gasteiger partial charge in [0.15, 0.2) is 0 Å². The molecule has 12 heavy (non-hydrogen) atoms. The molecule has 0 aromatic heterocycles. The minimum Gasteiger partial charge on any atom is -0.390 e. The Morgan fingerprint density at radius 2 is 2.33 bits per heavy atom. The van der Waals surface area contributed by atoms with Crippen LogP contribution in [0.25, 0.3) is 0 Å². The number of hydrogen-bond donors (Lipinski definition) is 2. The Hall–Kier alpha value is -0.830. The second-order valence-corrected chi connectivity index (χ2v) is 3.77. The number of aliphatic hydroxyl groups is 1. The van der Waals surface area contributed by atoms with Gasteiger partial charge in [-0.3, -0.25) is 4.79 Å². The van der Waals surface area contributed by atoms with Gasteiger partial charge in [-0.25, -0.2) is 0 Å². The van der Waals surface area contributed by atoms with Gasteiger partial charge in [-0.05, 0) is 20.3 Å². The molecule has 2 atom stereocenters. The molecule has 1 heterocycles. The van der Waals surface area contributed by atoms with E-state index in [1.807, 2.05) is 0 Å². The van der Waals surface area contributed by atoms with Gasteiger partial charge >= 0.3 is 0 Å². The van der Waals surface area contributed by atoms with E-state index < -0.39 is 5.60 Å². The van der Waals surface area contributed by atoms with E-state index in [-0.39, 0.29) is 17.9 Å². The van der Waals surface area contributed by atoms with Crippen molar-refractivity contribution in [2.75, 3.05) is 0 Å². The molecule has 3 heteroatoms. The topological polar surface area (TPSA) is 49.3 Å². The van der Waals surface area contributed by atoms with Crippen molar-refractivity contribution in [3.63, 3.8) is 0 Å². The smallest absolute Gasteiger partial charge is 0.228 e. The zero-order chi connectivity index (χ0) is 9.35. The molecule has 1 saturated heterocycles. The lowest BCUT2D eigenvalue weighted by molar-refractivity contribution is -0.147. The Bertz CT molecular complexity index is 203. The minimum atomic E-state index is -0.921. The molecule has 0 aromatic carbocycles. The standard InChI is InChI=1S/C9H15NO2/c1-4-5-6-7(8(11)10-6)9(2,3)12/h4,6-7,12H,1,5H2,2-3H3,(H,10,11)/t6-,7+/m1/s1. The summed E-state index contributed by atoms with van der Waals surface area (Å²) < 4.78 is 0. The van der Waals surface area contributed by atoms with Crippen molar-refractivity contribution in [3.05, 3.63) is 12.7 Å². The largest absolute Gasteiger partial charge is 0.390 e. The summed E-state index contributed by atoms with van der Waals surface area (Å²) in [4.78, 5) is 11.1. The van der Waals surface area contributed by atoms with E-state index in [9.17, 15) is 9.90 Å². The number of carbonyl (C=O) groups excluding carboxylic acids is 1. The van der Waals surface area contributed by atoms with Crippen LogP contribution in [0, 0.1) is 5.92 Å². The van der Waals surface area contributed by atoms with E-state index in [2.05, 4.69) is 11.9 Å². The molecule has 0 aliphatic carbocycles. The van der Waals surface area contributed by atoms with E-state index in [1.54, 1.807) is 19.9 Å². The van der Waals surface area contributed by atoms with Gasteiger partial charge in [0.1, 0.15) is 0 Å². The molecule has 2 N–H and O–H groups in total. The first-order valence-corrected chi connectivity index (χ1v) is 4.10. The highest BCUT2D eigenvalue weighted by Crippen LogP contribution is 2.29. The second-order valence-electron chi connectivity index (χ2n) is 3.77. The highest BCUT2D eigenvalue weighted by molar-refractivity contribution is 5.87. The highest BCUT2D eigenvalue weighted by atomic mass is 16.3. The molecule has 1 aliphatic heterocycles. The van der Waals surface area contributed by atoms with Gasteiger partial charge in [-0.15, -0.1) is 6.58 Å². The number of nitrogens with one attached hydrogen (secondary N) is 1. The molecule has 1 rings (SSSR count). The highest BCUT2D eigenvalue weighted by Gasteiger charge is 2.47. The predicted molar refractivity (Wildman–Crippen MR) is 46.5 cm³/mol. The molecule has 0 bridgehead atoms. The number of amides is 1. The van der Waals surface area contributed by atoms with E-state index in [1.165, 1.54) is 0 Å². The molecule has 68 valence electrons. The Kier molecular flexibility index (Phi) is 2.24. The Morgan fingerprint density at radius 1 is 1.75 bits per heavy atom. The maximum Gasteiger partial charge on any atom is 0.228 e. The number of β-lactam (4-membered cyclic amide) rings is 1. The zero-order valence-electron chi connectivity index (χ0n) is 7.50. The summed E-state index contributed by atoms with van der Waals surface area (Å²) in [5, 5.41) is 12.3. The molecule has 3 nitrogen and oxygen atoms in total. The fourth-order valence-electron chi connectivity index (χ4n) is 1.63. The molecular formula is C9H15NO2. The van der Waals surface area contributed by atoms with Crippen LogP contribution in [0.15, 0.2) is 12.7 Å². The molecule has 0 radical (unpaired) electrons. The molecule has 0 spiro atoms. The lowest BCUT2D eigenvalue weighted by Crippen LogP contribution is -2.65. The third-order valence-corrected chi connectivity index (χ3v) is 2.19.